The summed E-state index contributed by atoms with van der Waals surface area (Å²) in [4.78, 5) is 4.61. The quantitative estimate of drug-likeness (QED) is 0.812. The molecule has 0 amide bonds. The van der Waals surface area contributed by atoms with E-state index in [0.717, 1.165) is 24.5 Å². The van der Waals surface area contributed by atoms with Gasteiger partial charge in [0.05, 0.1) is 18.4 Å². The highest BCUT2D eigenvalue weighted by atomic mass is 16.5. The van der Waals surface area contributed by atoms with Crippen LogP contribution in [-0.4, -0.2) is 45.2 Å². The van der Waals surface area contributed by atoms with Crippen molar-refractivity contribution in [2.45, 2.75) is 12.8 Å². The van der Waals surface area contributed by atoms with Crippen molar-refractivity contribution >= 4 is 5.69 Å². The molecule has 0 spiro atoms. The zero-order chi connectivity index (χ0) is 13.7. The first kappa shape index (κ1) is 13.7. The van der Waals surface area contributed by atoms with E-state index in [1.807, 2.05) is 25.2 Å². The number of nitrogens with zero attached hydrogens (tertiary/aromatic N) is 3. The lowest BCUT2D eigenvalue weighted by Gasteiger charge is -2.24. The standard InChI is InChI=1S/C15H21N3O/c1-17(9-10-18-7-3-4-8-18)15-11-14(19-2)6-5-13(15)12-16/h5-6,11H,3-4,7-10H2,1-2H3. The van der Waals surface area contributed by atoms with Gasteiger partial charge in [-0.05, 0) is 38.1 Å². The minimum Gasteiger partial charge on any atom is -0.497 e. The Labute approximate surface area is 115 Å². The topological polar surface area (TPSA) is 39.5 Å². The molecule has 0 aromatic heterocycles. The maximum Gasteiger partial charge on any atom is 0.121 e. The van der Waals surface area contributed by atoms with E-state index in [2.05, 4.69) is 15.9 Å². The Morgan fingerprint density at radius 2 is 2.11 bits per heavy atom. The van der Waals surface area contributed by atoms with Gasteiger partial charge in [-0.1, -0.05) is 0 Å². The normalized spacial score (nSPS) is 15.2. The minimum absolute atomic E-state index is 0.699. The third-order valence-corrected chi connectivity index (χ3v) is 3.69. The van der Waals surface area contributed by atoms with Crippen molar-refractivity contribution in [3.05, 3.63) is 23.8 Å². The first-order valence-corrected chi connectivity index (χ1v) is 6.76. The Hall–Kier alpha value is -1.73. The van der Waals surface area contributed by atoms with Crippen molar-refractivity contribution < 1.29 is 4.74 Å². The largest absolute Gasteiger partial charge is 0.497 e. The van der Waals surface area contributed by atoms with Gasteiger partial charge in [-0.2, -0.15) is 5.26 Å². The summed E-state index contributed by atoms with van der Waals surface area (Å²) >= 11 is 0. The van der Waals surface area contributed by atoms with Crippen LogP contribution in [0.1, 0.15) is 18.4 Å². The van der Waals surface area contributed by atoms with Crippen LogP contribution < -0.4 is 9.64 Å². The summed E-state index contributed by atoms with van der Waals surface area (Å²) in [5.74, 6) is 0.794. The Morgan fingerprint density at radius 1 is 1.37 bits per heavy atom. The third kappa shape index (κ3) is 3.39. The van der Waals surface area contributed by atoms with Crippen LogP contribution in [-0.2, 0) is 0 Å². The Morgan fingerprint density at radius 3 is 2.74 bits per heavy atom. The van der Waals surface area contributed by atoms with Gasteiger partial charge in [-0.3, -0.25) is 0 Å². The molecule has 4 nitrogen and oxygen atoms in total. The van der Waals surface area contributed by atoms with Gasteiger partial charge in [-0.15, -0.1) is 0 Å². The summed E-state index contributed by atoms with van der Waals surface area (Å²) in [5, 5.41) is 9.18. The summed E-state index contributed by atoms with van der Waals surface area (Å²) in [6, 6.07) is 7.83. The number of likely N-dealkylation sites (N-methyl/N-ethyl adjacent to an activating group) is 1. The first-order valence-electron chi connectivity index (χ1n) is 6.76. The van der Waals surface area contributed by atoms with Gasteiger partial charge in [0.25, 0.3) is 0 Å². The highest BCUT2D eigenvalue weighted by Gasteiger charge is 2.14. The molecule has 0 atom stereocenters. The first-order chi connectivity index (χ1) is 9.24. The van der Waals surface area contributed by atoms with Crippen LogP contribution in [0.15, 0.2) is 18.2 Å². The molecule has 1 saturated heterocycles. The van der Waals surface area contributed by atoms with Crippen molar-refractivity contribution in [2.24, 2.45) is 0 Å². The molecule has 2 rings (SSSR count). The summed E-state index contributed by atoms with van der Waals surface area (Å²) in [6.07, 6.45) is 2.62. The Kier molecular flexibility index (Phi) is 4.64. The average Bonchev–Trinajstić information content (AvgIpc) is 2.97. The minimum atomic E-state index is 0.699. The molecule has 0 radical (unpaired) electrons. The molecule has 0 unspecified atom stereocenters. The van der Waals surface area contributed by atoms with Crippen molar-refractivity contribution in [3.63, 3.8) is 0 Å². The molecule has 0 bridgehead atoms. The van der Waals surface area contributed by atoms with E-state index in [-0.39, 0.29) is 0 Å². The van der Waals surface area contributed by atoms with E-state index in [0.29, 0.717) is 5.56 Å². The van der Waals surface area contributed by atoms with Gasteiger partial charge >= 0.3 is 0 Å². The second-order valence-electron chi connectivity index (χ2n) is 4.97. The van der Waals surface area contributed by atoms with Crippen LogP contribution in [0.5, 0.6) is 5.75 Å². The molecule has 102 valence electrons. The highest BCUT2D eigenvalue weighted by molar-refractivity contribution is 5.61. The van der Waals surface area contributed by atoms with Crippen molar-refractivity contribution in [1.29, 1.82) is 5.26 Å². The van der Waals surface area contributed by atoms with Gasteiger partial charge in [0, 0.05) is 26.2 Å². The molecule has 1 heterocycles. The Bertz CT molecular complexity index is 461. The van der Waals surface area contributed by atoms with Gasteiger partial charge in [0.15, 0.2) is 0 Å². The summed E-state index contributed by atoms with van der Waals surface area (Å²) in [7, 11) is 3.68. The van der Waals surface area contributed by atoms with Crippen molar-refractivity contribution in [3.8, 4) is 11.8 Å². The predicted octanol–water partition coefficient (Wildman–Crippen LogP) is 2.10. The van der Waals surface area contributed by atoms with E-state index in [1.54, 1.807) is 7.11 Å². The van der Waals surface area contributed by atoms with Gasteiger partial charge in [0.2, 0.25) is 0 Å². The molecule has 1 aromatic carbocycles. The lowest BCUT2D eigenvalue weighted by Crippen LogP contribution is -2.31. The van der Waals surface area contributed by atoms with Crippen LogP contribution in [0, 0.1) is 11.3 Å². The molecule has 1 aliphatic rings. The molecule has 19 heavy (non-hydrogen) atoms. The molecular formula is C15H21N3O. The summed E-state index contributed by atoms with van der Waals surface area (Å²) in [5.41, 5.74) is 1.64. The van der Waals surface area contributed by atoms with Crippen LogP contribution >= 0.6 is 0 Å². The average molecular weight is 259 g/mol. The fourth-order valence-corrected chi connectivity index (χ4v) is 2.47. The van der Waals surface area contributed by atoms with Crippen molar-refractivity contribution in [1.82, 2.24) is 4.90 Å². The monoisotopic (exact) mass is 259 g/mol. The number of likely N-dealkylation sites (tertiary alicyclic amines) is 1. The molecular weight excluding hydrogens is 238 g/mol. The number of nitriles is 1. The van der Waals surface area contributed by atoms with Crippen LogP contribution in [0.3, 0.4) is 0 Å². The number of hydrogen-bond donors (Lipinski definition) is 0. The SMILES string of the molecule is COc1ccc(C#N)c(N(C)CCN2CCCC2)c1. The van der Waals surface area contributed by atoms with Crippen LogP contribution in [0.4, 0.5) is 5.69 Å². The zero-order valence-corrected chi connectivity index (χ0v) is 11.7. The lowest BCUT2D eigenvalue weighted by molar-refractivity contribution is 0.346. The van der Waals surface area contributed by atoms with Gasteiger partial charge in [0.1, 0.15) is 11.8 Å². The van der Waals surface area contributed by atoms with Gasteiger partial charge < -0.3 is 14.5 Å². The predicted molar refractivity (Wildman–Crippen MR) is 76.7 cm³/mol. The number of methoxy groups -OCH3 is 1. The maximum atomic E-state index is 9.18. The number of ether oxygens (including phenoxy) is 1. The van der Waals surface area contributed by atoms with E-state index in [4.69, 9.17) is 4.74 Å². The molecule has 4 heteroatoms. The molecule has 1 aromatic rings. The number of rotatable bonds is 5. The molecule has 1 aliphatic heterocycles. The smallest absolute Gasteiger partial charge is 0.121 e. The van der Waals surface area contributed by atoms with Crippen LogP contribution in [0.2, 0.25) is 0 Å². The molecule has 0 aliphatic carbocycles. The number of benzene rings is 1. The fourth-order valence-electron chi connectivity index (χ4n) is 2.47. The van der Waals surface area contributed by atoms with E-state index in [9.17, 15) is 5.26 Å². The fraction of sp³-hybridized carbons (Fsp3) is 0.533. The molecule has 1 fully saturated rings. The molecule has 0 saturated carbocycles. The van der Waals surface area contributed by atoms with E-state index in [1.165, 1.54) is 25.9 Å². The second-order valence-corrected chi connectivity index (χ2v) is 4.97. The maximum absolute atomic E-state index is 9.18. The van der Waals surface area contributed by atoms with E-state index >= 15 is 0 Å². The number of anilines is 1. The van der Waals surface area contributed by atoms with Crippen molar-refractivity contribution in [2.75, 3.05) is 45.2 Å². The third-order valence-electron chi connectivity index (χ3n) is 3.69. The van der Waals surface area contributed by atoms with E-state index < -0.39 is 0 Å². The van der Waals surface area contributed by atoms with Gasteiger partial charge in [-0.25, -0.2) is 0 Å². The summed E-state index contributed by atoms with van der Waals surface area (Å²) < 4.78 is 5.24. The zero-order valence-electron chi connectivity index (χ0n) is 11.7. The van der Waals surface area contributed by atoms with Crippen LogP contribution in [0.25, 0.3) is 0 Å². The Balaban J connectivity index is 2.04. The lowest BCUT2D eigenvalue weighted by atomic mass is 10.1. The second kappa shape index (κ2) is 6.44. The highest BCUT2D eigenvalue weighted by Crippen LogP contribution is 2.24. The number of hydrogen-bond acceptors (Lipinski definition) is 4. The summed E-state index contributed by atoms with van der Waals surface area (Å²) in [6.45, 7) is 4.40. The molecule has 0 N–H and O–H groups in total.